The second-order valence-electron chi connectivity index (χ2n) is 8.07. The number of allylic oxidation sites excluding steroid dienone is 1. The van der Waals surface area contributed by atoms with Gasteiger partial charge in [0.15, 0.2) is 0 Å². The standard InChI is InChI=1S/C27H25N3O/c1-20-10-5-7-15-24(20)30-19-22(18-26(30)31)27-28-23-14-6-8-16-25(23)29(27)17-9-13-21-11-3-2-4-12-21/h2-16,22H,17-19H2,1H3/b13-9+/t22-/m1/s1. The molecule has 0 bridgehead atoms. The second kappa shape index (κ2) is 8.23. The summed E-state index contributed by atoms with van der Waals surface area (Å²) in [5.41, 5.74) is 5.39. The summed E-state index contributed by atoms with van der Waals surface area (Å²) >= 11 is 0. The fourth-order valence-corrected chi connectivity index (χ4v) is 4.44. The van der Waals surface area contributed by atoms with Gasteiger partial charge in [-0.05, 0) is 36.2 Å². The summed E-state index contributed by atoms with van der Waals surface area (Å²) in [5, 5.41) is 0. The molecule has 4 aromatic rings. The molecule has 1 saturated heterocycles. The first-order chi connectivity index (χ1) is 15.2. The maximum atomic E-state index is 12.9. The molecule has 1 aliphatic heterocycles. The third-order valence-electron chi connectivity index (χ3n) is 5.98. The second-order valence-corrected chi connectivity index (χ2v) is 8.07. The predicted octanol–water partition coefficient (Wildman–Crippen LogP) is 5.58. The Labute approximate surface area is 182 Å². The van der Waals surface area contributed by atoms with Crippen molar-refractivity contribution in [1.82, 2.24) is 9.55 Å². The van der Waals surface area contributed by atoms with E-state index in [0.29, 0.717) is 13.0 Å². The molecule has 0 aliphatic carbocycles. The molecule has 0 spiro atoms. The lowest BCUT2D eigenvalue weighted by Crippen LogP contribution is -2.25. The maximum Gasteiger partial charge on any atom is 0.227 e. The summed E-state index contributed by atoms with van der Waals surface area (Å²) in [5.74, 6) is 1.23. The lowest BCUT2D eigenvalue weighted by Gasteiger charge is -2.19. The minimum atomic E-state index is 0.0737. The number of nitrogens with zero attached hydrogens (tertiary/aromatic N) is 3. The van der Waals surface area contributed by atoms with E-state index < -0.39 is 0 Å². The van der Waals surface area contributed by atoms with Crippen LogP contribution in [0.1, 0.15) is 29.3 Å². The molecule has 0 radical (unpaired) electrons. The molecule has 1 amide bonds. The van der Waals surface area contributed by atoms with E-state index in [2.05, 4.69) is 47.9 Å². The summed E-state index contributed by atoms with van der Waals surface area (Å²) in [4.78, 5) is 19.8. The number of rotatable bonds is 5. The van der Waals surface area contributed by atoms with E-state index in [9.17, 15) is 4.79 Å². The van der Waals surface area contributed by atoms with E-state index in [0.717, 1.165) is 34.7 Å². The van der Waals surface area contributed by atoms with Crippen molar-refractivity contribution in [2.45, 2.75) is 25.8 Å². The van der Waals surface area contributed by atoms with E-state index in [1.165, 1.54) is 5.56 Å². The van der Waals surface area contributed by atoms with E-state index in [1.807, 2.05) is 59.5 Å². The van der Waals surface area contributed by atoms with Crippen LogP contribution in [0.4, 0.5) is 5.69 Å². The number of imidazole rings is 1. The van der Waals surface area contributed by atoms with Crippen LogP contribution >= 0.6 is 0 Å². The van der Waals surface area contributed by atoms with Gasteiger partial charge in [0.2, 0.25) is 5.91 Å². The molecule has 2 heterocycles. The van der Waals surface area contributed by atoms with Gasteiger partial charge in [-0.25, -0.2) is 4.98 Å². The number of hydrogen-bond donors (Lipinski definition) is 0. The van der Waals surface area contributed by atoms with Crippen LogP contribution in [0.5, 0.6) is 0 Å². The zero-order valence-corrected chi connectivity index (χ0v) is 17.6. The van der Waals surface area contributed by atoms with Crippen LogP contribution in [-0.4, -0.2) is 22.0 Å². The van der Waals surface area contributed by atoms with Crippen LogP contribution in [0.25, 0.3) is 17.1 Å². The summed E-state index contributed by atoms with van der Waals surface area (Å²) < 4.78 is 2.26. The Morgan fingerprint density at radius 2 is 1.71 bits per heavy atom. The van der Waals surface area contributed by atoms with Crippen molar-refractivity contribution in [3.63, 3.8) is 0 Å². The van der Waals surface area contributed by atoms with E-state index >= 15 is 0 Å². The van der Waals surface area contributed by atoms with E-state index in [-0.39, 0.29) is 11.8 Å². The van der Waals surface area contributed by atoms with Crippen molar-refractivity contribution >= 4 is 28.7 Å². The Morgan fingerprint density at radius 3 is 2.55 bits per heavy atom. The van der Waals surface area contributed by atoms with Crippen molar-refractivity contribution < 1.29 is 4.79 Å². The molecule has 0 saturated carbocycles. The lowest BCUT2D eigenvalue weighted by molar-refractivity contribution is -0.117. The Hall–Kier alpha value is -3.66. The molecule has 0 N–H and O–H groups in total. The fraction of sp³-hybridized carbons (Fsp3) is 0.185. The average Bonchev–Trinajstić information content (AvgIpc) is 3.35. The largest absolute Gasteiger partial charge is 0.324 e. The molecule has 0 unspecified atom stereocenters. The molecule has 5 rings (SSSR count). The van der Waals surface area contributed by atoms with E-state index in [4.69, 9.17) is 4.98 Å². The summed E-state index contributed by atoms with van der Waals surface area (Å²) in [6.07, 6.45) is 4.79. The van der Waals surface area contributed by atoms with Crippen molar-refractivity contribution in [2.24, 2.45) is 0 Å². The van der Waals surface area contributed by atoms with Gasteiger partial charge in [0.1, 0.15) is 5.82 Å². The van der Waals surface area contributed by atoms with Crippen molar-refractivity contribution in [3.8, 4) is 0 Å². The highest BCUT2D eigenvalue weighted by Gasteiger charge is 2.35. The fourth-order valence-electron chi connectivity index (χ4n) is 4.44. The summed E-state index contributed by atoms with van der Waals surface area (Å²) in [6, 6.07) is 26.6. The predicted molar refractivity (Wildman–Crippen MR) is 126 cm³/mol. The average molecular weight is 408 g/mol. The maximum absolute atomic E-state index is 12.9. The van der Waals surface area contributed by atoms with Gasteiger partial charge in [0.25, 0.3) is 0 Å². The molecule has 1 aromatic heterocycles. The Kier molecular flexibility index (Phi) is 5.13. The number of hydrogen-bond acceptors (Lipinski definition) is 2. The van der Waals surface area contributed by atoms with Crippen LogP contribution in [0.15, 0.2) is 84.9 Å². The zero-order valence-electron chi connectivity index (χ0n) is 17.6. The minimum absolute atomic E-state index is 0.0737. The van der Waals surface area contributed by atoms with Crippen molar-refractivity contribution in [1.29, 1.82) is 0 Å². The Balaban J connectivity index is 1.47. The van der Waals surface area contributed by atoms with Crippen LogP contribution in [0, 0.1) is 6.92 Å². The number of anilines is 1. The van der Waals surface area contributed by atoms with Gasteiger partial charge in [0, 0.05) is 31.1 Å². The number of aryl methyl sites for hydroxylation is 1. The monoisotopic (exact) mass is 407 g/mol. The number of para-hydroxylation sites is 3. The normalized spacial score (nSPS) is 16.6. The van der Waals surface area contributed by atoms with Gasteiger partial charge in [-0.3, -0.25) is 4.79 Å². The molecular formula is C27H25N3O. The number of carbonyl (C=O) groups is 1. The smallest absolute Gasteiger partial charge is 0.227 e. The molecule has 1 fully saturated rings. The molecule has 1 aliphatic rings. The quantitative estimate of drug-likeness (QED) is 0.433. The van der Waals surface area contributed by atoms with Crippen LogP contribution in [0.2, 0.25) is 0 Å². The first-order valence-electron chi connectivity index (χ1n) is 10.7. The molecule has 154 valence electrons. The number of aromatic nitrogens is 2. The molecular weight excluding hydrogens is 382 g/mol. The van der Waals surface area contributed by atoms with Gasteiger partial charge in [-0.2, -0.15) is 0 Å². The first-order valence-corrected chi connectivity index (χ1v) is 10.7. The third-order valence-corrected chi connectivity index (χ3v) is 5.98. The molecule has 4 nitrogen and oxygen atoms in total. The lowest BCUT2D eigenvalue weighted by atomic mass is 10.1. The SMILES string of the molecule is Cc1ccccc1N1C[C@H](c2nc3ccccc3n2C/C=C/c2ccccc2)CC1=O. The van der Waals surface area contributed by atoms with Gasteiger partial charge in [0.05, 0.1) is 11.0 Å². The van der Waals surface area contributed by atoms with Crippen LogP contribution < -0.4 is 4.90 Å². The Morgan fingerprint density at radius 1 is 0.968 bits per heavy atom. The van der Waals surface area contributed by atoms with Gasteiger partial charge in [-0.15, -0.1) is 0 Å². The van der Waals surface area contributed by atoms with Gasteiger partial charge >= 0.3 is 0 Å². The Bertz CT molecular complexity index is 1260. The molecule has 4 heteroatoms. The van der Waals surface area contributed by atoms with Gasteiger partial charge in [-0.1, -0.05) is 72.8 Å². The van der Waals surface area contributed by atoms with Gasteiger partial charge < -0.3 is 9.47 Å². The van der Waals surface area contributed by atoms with Crippen molar-refractivity contribution in [3.05, 3.63) is 102 Å². The van der Waals surface area contributed by atoms with Crippen LogP contribution in [-0.2, 0) is 11.3 Å². The number of benzene rings is 3. The summed E-state index contributed by atoms with van der Waals surface area (Å²) in [7, 11) is 0. The highest BCUT2D eigenvalue weighted by molar-refractivity contribution is 5.97. The topological polar surface area (TPSA) is 38.1 Å². The highest BCUT2D eigenvalue weighted by Crippen LogP contribution is 2.34. The van der Waals surface area contributed by atoms with Crippen LogP contribution in [0.3, 0.4) is 0 Å². The summed E-state index contributed by atoms with van der Waals surface area (Å²) in [6.45, 7) is 3.44. The minimum Gasteiger partial charge on any atom is -0.324 e. The molecule has 3 aromatic carbocycles. The third kappa shape index (κ3) is 3.77. The highest BCUT2D eigenvalue weighted by atomic mass is 16.2. The van der Waals surface area contributed by atoms with Crippen molar-refractivity contribution in [2.75, 3.05) is 11.4 Å². The molecule has 1 atom stereocenters. The number of carbonyl (C=O) groups excluding carboxylic acids is 1. The molecule has 31 heavy (non-hydrogen) atoms. The number of amides is 1. The number of fused-ring (bicyclic) bond motifs is 1. The van der Waals surface area contributed by atoms with E-state index in [1.54, 1.807) is 0 Å². The zero-order chi connectivity index (χ0) is 21.2. The first kappa shape index (κ1) is 19.3.